The third-order valence-electron chi connectivity index (χ3n) is 3.88. The molecule has 0 N–H and O–H groups in total. The van der Waals surface area contributed by atoms with E-state index in [0.717, 1.165) is 31.2 Å². The lowest BCUT2D eigenvalue weighted by Gasteiger charge is -2.27. The van der Waals surface area contributed by atoms with Crippen LogP contribution >= 0.6 is 11.8 Å². The van der Waals surface area contributed by atoms with Crippen LogP contribution in [-0.2, 0) is 11.3 Å². The number of anilines is 1. The van der Waals surface area contributed by atoms with Crippen molar-refractivity contribution in [3.8, 4) is 0 Å². The van der Waals surface area contributed by atoms with Crippen molar-refractivity contribution in [1.29, 1.82) is 0 Å². The summed E-state index contributed by atoms with van der Waals surface area (Å²) >= 11 is 1.24. The highest BCUT2D eigenvalue weighted by Crippen LogP contribution is 2.23. The first-order chi connectivity index (χ1) is 12.1. The van der Waals surface area contributed by atoms with Crippen molar-refractivity contribution in [1.82, 2.24) is 14.8 Å². The molecular weight excluding hydrogens is 350 g/mol. The number of carbonyl (C=O) groups excluding carboxylic acids is 1. The van der Waals surface area contributed by atoms with Gasteiger partial charge in [0.05, 0.1) is 19.0 Å². The number of nitrogens with zero attached hydrogens (tertiary/aromatic N) is 4. The van der Waals surface area contributed by atoms with Gasteiger partial charge in [-0.15, -0.1) is 10.2 Å². The van der Waals surface area contributed by atoms with Crippen LogP contribution in [0.5, 0.6) is 0 Å². The van der Waals surface area contributed by atoms with Crippen molar-refractivity contribution in [3.63, 3.8) is 0 Å². The number of thioether (sulfide) groups is 1. The van der Waals surface area contributed by atoms with Gasteiger partial charge in [0.1, 0.15) is 0 Å². The maximum atomic E-state index is 13.3. The van der Waals surface area contributed by atoms with Crippen LogP contribution in [0.1, 0.15) is 17.3 Å². The number of carbonyl (C=O) groups is 1. The number of rotatable bonds is 6. The van der Waals surface area contributed by atoms with Crippen LogP contribution in [-0.4, -0.2) is 52.6 Å². The fourth-order valence-corrected chi connectivity index (χ4v) is 3.44. The van der Waals surface area contributed by atoms with Crippen molar-refractivity contribution in [2.75, 3.05) is 37.0 Å². The van der Waals surface area contributed by atoms with Gasteiger partial charge in [-0.25, -0.2) is 8.78 Å². The summed E-state index contributed by atoms with van der Waals surface area (Å²) in [6.07, 6.45) is 0. The Kier molecular flexibility index (Phi) is 5.64. The molecule has 2 heterocycles. The standard InChI is InChI=1S/C16H18F2N4O2S/c1-2-22-15(21-5-7-24-8-6-21)19-20-16(22)25-10-14(23)11-3-4-12(17)13(18)9-11/h3-4,9H,2,5-8,10H2,1H3. The molecule has 0 bridgehead atoms. The highest BCUT2D eigenvalue weighted by atomic mass is 32.2. The summed E-state index contributed by atoms with van der Waals surface area (Å²) in [5.41, 5.74) is 0.141. The summed E-state index contributed by atoms with van der Waals surface area (Å²) in [6.45, 7) is 5.43. The van der Waals surface area contributed by atoms with Crippen LogP contribution in [0.3, 0.4) is 0 Å². The van der Waals surface area contributed by atoms with Gasteiger partial charge < -0.3 is 9.64 Å². The molecule has 1 saturated heterocycles. The summed E-state index contributed by atoms with van der Waals surface area (Å²) in [4.78, 5) is 14.3. The summed E-state index contributed by atoms with van der Waals surface area (Å²) in [7, 11) is 0. The molecular formula is C16H18F2N4O2S. The number of morpholine rings is 1. The van der Waals surface area contributed by atoms with Crippen molar-refractivity contribution >= 4 is 23.5 Å². The molecule has 2 aromatic rings. The number of benzene rings is 1. The maximum Gasteiger partial charge on any atom is 0.228 e. The molecule has 0 unspecified atom stereocenters. The van der Waals surface area contributed by atoms with Gasteiger partial charge in [-0.2, -0.15) is 0 Å². The second kappa shape index (κ2) is 7.92. The molecule has 134 valence electrons. The number of aromatic nitrogens is 3. The molecule has 0 atom stereocenters. The van der Waals surface area contributed by atoms with Crippen LogP contribution in [0.25, 0.3) is 0 Å². The number of ketones is 1. The number of halogens is 2. The van der Waals surface area contributed by atoms with E-state index in [9.17, 15) is 13.6 Å². The molecule has 1 aromatic carbocycles. The van der Waals surface area contributed by atoms with Gasteiger partial charge >= 0.3 is 0 Å². The van der Waals surface area contributed by atoms with Crippen molar-refractivity contribution in [2.45, 2.75) is 18.6 Å². The number of Topliss-reactive ketones (excluding diaryl/α,β-unsaturated/α-hetero) is 1. The van der Waals surface area contributed by atoms with Gasteiger partial charge in [0.2, 0.25) is 5.95 Å². The van der Waals surface area contributed by atoms with E-state index in [4.69, 9.17) is 4.74 Å². The smallest absolute Gasteiger partial charge is 0.228 e. The van der Waals surface area contributed by atoms with Crippen LogP contribution in [0.4, 0.5) is 14.7 Å². The van der Waals surface area contributed by atoms with E-state index in [1.807, 2.05) is 11.5 Å². The van der Waals surface area contributed by atoms with E-state index in [0.29, 0.717) is 24.9 Å². The normalized spacial score (nSPS) is 14.8. The van der Waals surface area contributed by atoms with Gasteiger partial charge in [0, 0.05) is 25.2 Å². The molecule has 6 nitrogen and oxygen atoms in total. The Morgan fingerprint density at radius 1 is 1.24 bits per heavy atom. The highest BCUT2D eigenvalue weighted by Gasteiger charge is 2.20. The maximum absolute atomic E-state index is 13.3. The summed E-state index contributed by atoms with van der Waals surface area (Å²) in [5, 5.41) is 9.02. The third kappa shape index (κ3) is 3.98. The van der Waals surface area contributed by atoms with Crippen molar-refractivity contribution in [3.05, 3.63) is 35.4 Å². The summed E-state index contributed by atoms with van der Waals surface area (Å²) in [5.74, 6) is -1.45. The molecule has 1 aromatic heterocycles. The molecule has 0 spiro atoms. The van der Waals surface area contributed by atoms with Crippen LogP contribution in [0.15, 0.2) is 23.4 Å². The van der Waals surface area contributed by atoms with Gasteiger partial charge in [-0.05, 0) is 25.1 Å². The Morgan fingerprint density at radius 3 is 2.68 bits per heavy atom. The van der Waals surface area contributed by atoms with E-state index in [2.05, 4.69) is 15.1 Å². The predicted octanol–water partition coefficient (Wildman–Crippen LogP) is 2.39. The highest BCUT2D eigenvalue weighted by molar-refractivity contribution is 7.99. The molecule has 1 fully saturated rings. The Labute approximate surface area is 148 Å². The largest absolute Gasteiger partial charge is 0.378 e. The minimum Gasteiger partial charge on any atom is -0.378 e. The van der Waals surface area contributed by atoms with Gasteiger partial charge in [-0.3, -0.25) is 9.36 Å². The Bertz CT molecular complexity index is 763. The van der Waals surface area contributed by atoms with E-state index >= 15 is 0 Å². The first kappa shape index (κ1) is 17.8. The fraction of sp³-hybridized carbons (Fsp3) is 0.438. The summed E-state index contributed by atoms with van der Waals surface area (Å²) in [6, 6.07) is 3.16. The van der Waals surface area contributed by atoms with Crippen LogP contribution < -0.4 is 4.90 Å². The van der Waals surface area contributed by atoms with Gasteiger partial charge in [-0.1, -0.05) is 11.8 Å². The molecule has 3 rings (SSSR count). The first-order valence-electron chi connectivity index (χ1n) is 7.97. The van der Waals surface area contributed by atoms with Crippen LogP contribution in [0.2, 0.25) is 0 Å². The fourth-order valence-electron chi connectivity index (χ4n) is 2.54. The zero-order valence-corrected chi connectivity index (χ0v) is 14.6. The predicted molar refractivity (Wildman–Crippen MR) is 90.1 cm³/mol. The monoisotopic (exact) mass is 368 g/mol. The molecule has 0 radical (unpaired) electrons. The van der Waals surface area contributed by atoms with Gasteiger partial charge in [0.15, 0.2) is 22.6 Å². The lowest BCUT2D eigenvalue weighted by molar-refractivity contribution is 0.102. The molecule has 1 aliphatic heterocycles. The Morgan fingerprint density at radius 2 is 2.00 bits per heavy atom. The molecule has 0 aliphatic carbocycles. The van der Waals surface area contributed by atoms with E-state index in [1.54, 1.807) is 0 Å². The van der Waals surface area contributed by atoms with E-state index in [1.165, 1.54) is 17.8 Å². The van der Waals surface area contributed by atoms with Crippen molar-refractivity contribution in [2.24, 2.45) is 0 Å². The molecule has 9 heteroatoms. The van der Waals surface area contributed by atoms with Gasteiger partial charge in [0.25, 0.3) is 0 Å². The Hall–Kier alpha value is -2.00. The molecule has 25 heavy (non-hydrogen) atoms. The van der Waals surface area contributed by atoms with Crippen molar-refractivity contribution < 1.29 is 18.3 Å². The summed E-state index contributed by atoms with van der Waals surface area (Å²) < 4.78 is 33.5. The number of hydrogen-bond acceptors (Lipinski definition) is 6. The SMILES string of the molecule is CCn1c(SCC(=O)c2ccc(F)c(F)c2)nnc1N1CCOCC1. The number of hydrogen-bond donors (Lipinski definition) is 0. The Balaban J connectivity index is 1.69. The lowest BCUT2D eigenvalue weighted by atomic mass is 10.1. The van der Waals surface area contributed by atoms with E-state index in [-0.39, 0.29) is 17.1 Å². The second-order valence-electron chi connectivity index (χ2n) is 5.47. The zero-order chi connectivity index (χ0) is 17.8. The van der Waals surface area contributed by atoms with Crippen LogP contribution in [0, 0.1) is 11.6 Å². The number of ether oxygens (including phenoxy) is 1. The van der Waals surface area contributed by atoms with E-state index < -0.39 is 11.6 Å². The third-order valence-corrected chi connectivity index (χ3v) is 4.85. The minimum absolute atomic E-state index is 0.0757. The molecule has 0 amide bonds. The molecule has 0 saturated carbocycles. The molecule has 1 aliphatic rings. The first-order valence-corrected chi connectivity index (χ1v) is 8.95. The zero-order valence-electron chi connectivity index (χ0n) is 13.7. The minimum atomic E-state index is -1.03. The topological polar surface area (TPSA) is 60.2 Å². The lowest BCUT2D eigenvalue weighted by Crippen LogP contribution is -2.38. The average Bonchev–Trinajstić information content (AvgIpc) is 3.05. The average molecular weight is 368 g/mol. The second-order valence-corrected chi connectivity index (χ2v) is 6.41. The quantitative estimate of drug-likeness (QED) is 0.576.